The number of benzene rings is 1. The van der Waals surface area contributed by atoms with Gasteiger partial charge in [-0.1, -0.05) is 17.7 Å². The van der Waals surface area contributed by atoms with Gasteiger partial charge in [0.2, 0.25) is 0 Å². The Morgan fingerprint density at radius 3 is 2.63 bits per heavy atom. The Morgan fingerprint density at radius 2 is 1.91 bits per heavy atom. The fraction of sp³-hybridized carbons (Fsp3) is 0.182. The number of rotatable bonds is 8. The van der Waals surface area contributed by atoms with E-state index in [1.807, 2.05) is 5.38 Å². The molecule has 1 aromatic carbocycles. The van der Waals surface area contributed by atoms with E-state index in [4.69, 9.17) is 11.6 Å². The van der Waals surface area contributed by atoms with Crippen LogP contribution in [0.4, 0.5) is 21.0 Å². The van der Waals surface area contributed by atoms with E-state index in [9.17, 15) is 14.0 Å². The number of alkyl halides is 1. The largest absolute Gasteiger partial charge is 0.342 e. The highest BCUT2D eigenvalue weighted by molar-refractivity contribution is 7.14. The third-order valence-electron chi connectivity index (χ3n) is 4.72. The third-order valence-corrected chi connectivity index (χ3v) is 6.91. The molecule has 0 aliphatic heterocycles. The zero-order valence-corrected chi connectivity index (χ0v) is 20.8. The van der Waals surface area contributed by atoms with Crippen molar-refractivity contribution in [3.8, 4) is 0 Å². The molecule has 3 N–H and O–H groups in total. The monoisotopic (exact) mass is 531 g/mol. The minimum absolute atomic E-state index is 0.170. The van der Waals surface area contributed by atoms with Crippen LogP contribution in [0.25, 0.3) is 0 Å². The lowest BCUT2D eigenvalue weighted by atomic mass is 10.1. The number of carbonyl (C=O) groups is 2. The Bertz CT molecular complexity index is 1350. The number of halogens is 2. The van der Waals surface area contributed by atoms with Crippen molar-refractivity contribution in [3.05, 3.63) is 74.5 Å². The van der Waals surface area contributed by atoms with Crippen molar-refractivity contribution in [1.29, 1.82) is 0 Å². The number of nitrogens with zero attached hydrogens (tertiary/aromatic N) is 4. The number of amides is 2. The minimum Gasteiger partial charge on any atom is -0.342 e. The molecule has 0 radical (unpaired) electrons. The van der Waals surface area contributed by atoms with Gasteiger partial charge in [-0.2, -0.15) is 0 Å². The molecular weight excluding hydrogens is 513 g/mol. The van der Waals surface area contributed by atoms with E-state index in [1.54, 1.807) is 19.2 Å². The molecule has 4 rings (SSSR count). The van der Waals surface area contributed by atoms with Gasteiger partial charge < -0.3 is 16.0 Å². The third kappa shape index (κ3) is 6.15. The van der Waals surface area contributed by atoms with Gasteiger partial charge in [-0.05, 0) is 26.0 Å². The SMILES string of the molecule is CC(F)c1ccc(NC(=O)c2cnc(C(C)NC(=O)c3cc(Nc4nccs4)ncn3)s2)cc1Cl. The predicted octanol–water partition coefficient (Wildman–Crippen LogP) is 5.56. The molecular formula is C22H19ClFN7O2S2. The Labute approximate surface area is 212 Å². The molecule has 9 nitrogen and oxygen atoms in total. The summed E-state index contributed by atoms with van der Waals surface area (Å²) in [7, 11) is 0. The van der Waals surface area contributed by atoms with Gasteiger partial charge in [0.25, 0.3) is 11.8 Å². The van der Waals surface area contributed by atoms with Gasteiger partial charge in [0.05, 0.1) is 12.2 Å². The van der Waals surface area contributed by atoms with Crippen LogP contribution in [0.3, 0.4) is 0 Å². The smallest absolute Gasteiger partial charge is 0.270 e. The quantitative estimate of drug-likeness (QED) is 0.272. The van der Waals surface area contributed by atoms with Crippen molar-refractivity contribution in [2.45, 2.75) is 26.1 Å². The second-order valence-corrected chi connectivity index (χ2v) is 9.68. The van der Waals surface area contributed by atoms with Gasteiger partial charge in [-0.25, -0.2) is 24.3 Å². The molecule has 0 bridgehead atoms. The summed E-state index contributed by atoms with van der Waals surface area (Å²) in [6.45, 7) is 3.15. The number of hydrogen-bond donors (Lipinski definition) is 3. The highest BCUT2D eigenvalue weighted by Crippen LogP contribution is 2.29. The van der Waals surface area contributed by atoms with Crippen LogP contribution in [0.2, 0.25) is 5.02 Å². The van der Waals surface area contributed by atoms with E-state index in [0.717, 1.165) is 11.3 Å². The molecule has 2 atom stereocenters. The van der Waals surface area contributed by atoms with Crippen LogP contribution in [0.1, 0.15) is 56.8 Å². The lowest BCUT2D eigenvalue weighted by Crippen LogP contribution is -2.27. The fourth-order valence-electron chi connectivity index (χ4n) is 2.99. The average Bonchev–Trinajstić information content (AvgIpc) is 3.51. The van der Waals surface area contributed by atoms with Gasteiger partial charge >= 0.3 is 0 Å². The molecule has 2 amide bonds. The molecule has 3 heterocycles. The number of carbonyl (C=O) groups excluding carboxylic acids is 2. The van der Waals surface area contributed by atoms with E-state index in [2.05, 4.69) is 35.9 Å². The number of anilines is 3. The molecule has 3 aromatic heterocycles. The standard InChI is InChI=1S/C22H19ClFN7O2S2/c1-11(24)14-4-3-13(7-15(14)23)30-20(33)17-9-26-21(35-17)12(2)29-19(32)16-8-18(28-10-27-16)31-22-25-5-6-34-22/h3-12H,1-2H3,(H,29,32)(H,30,33)(H,25,27,28,31). The first-order valence-electron chi connectivity index (χ1n) is 10.3. The van der Waals surface area contributed by atoms with Crippen molar-refractivity contribution < 1.29 is 14.0 Å². The summed E-state index contributed by atoms with van der Waals surface area (Å²) in [5.41, 5.74) is 0.957. The van der Waals surface area contributed by atoms with E-state index >= 15 is 0 Å². The summed E-state index contributed by atoms with van der Waals surface area (Å²) in [6, 6.07) is 5.65. The zero-order chi connectivity index (χ0) is 24.9. The van der Waals surface area contributed by atoms with Crippen LogP contribution < -0.4 is 16.0 Å². The first kappa shape index (κ1) is 24.6. The van der Waals surface area contributed by atoms with Crippen molar-refractivity contribution >= 4 is 62.7 Å². The van der Waals surface area contributed by atoms with Crippen molar-refractivity contribution in [2.75, 3.05) is 10.6 Å². The molecule has 35 heavy (non-hydrogen) atoms. The average molecular weight is 532 g/mol. The highest BCUT2D eigenvalue weighted by Gasteiger charge is 2.19. The lowest BCUT2D eigenvalue weighted by molar-refractivity contribution is 0.0934. The van der Waals surface area contributed by atoms with Crippen molar-refractivity contribution in [3.63, 3.8) is 0 Å². The molecule has 0 aliphatic rings. The second kappa shape index (κ2) is 10.8. The van der Waals surface area contributed by atoms with Crippen LogP contribution >= 0.6 is 34.3 Å². The molecule has 0 spiro atoms. The van der Waals surface area contributed by atoms with E-state index in [-0.39, 0.29) is 10.7 Å². The lowest BCUT2D eigenvalue weighted by Gasteiger charge is -2.11. The molecule has 0 aliphatic carbocycles. The minimum atomic E-state index is -1.21. The summed E-state index contributed by atoms with van der Waals surface area (Å²) < 4.78 is 13.5. The molecule has 180 valence electrons. The molecule has 0 fully saturated rings. The summed E-state index contributed by atoms with van der Waals surface area (Å²) >= 11 is 8.63. The van der Waals surface area contributed by atoms with E-state index < -0.39 is 24.0 Å². The fourth-order valence-corrected chi connectivity index (χ4v) is 4.67. The van der Waals surface area contributed by atoms with Crippen LogP contribution in [0, 0.1) is 0 Å². The predicted molar refractivity (Wildman–Crippen MR) is 134 cm³/mol. The maximum Gasteiger partial charge on any atom is 0.270 e. The summed E-state index contributed by atoms with van der Waals surface area (Å²) in [6.07, 6.45) is 3.16. The van der Waals surface area contributed by atoms with Gasteiger partial charge in [-0.3, -0.25) is 9.59 Å². The molecule has 4 aromatic rings. The summed E-state index contributed by atoms with van der Waals surface area (Å²) in [4.78, 5) is 42.1. The Morgan fingerprint density at radius 1 is 1.09 bits per heavy atom. The zero-order valence-electron chi connectivity index (χ0n) is 18.5. The van der Waals surface area contributed by atoms with Crippen LogP contribution in [-0.4, -0.2) is 31.8 Å². The van der Waals surface area contributed by atoms with Crippen molar-refractivity contribution in [2.24, 2.45) is 0 Å². The van der Waals surface area contributed by atoms with E-state index in [1.165, 1.54) is 49.0 Å². The molecule has 13 heteroatoms. The normalized spacial score (nSPS) is 12.6. The molecule has 0 saturated heterocycles. The van der Waals surface area contributed by atoms with Crippen LogP contribution in [0.15, 0.2) is 48.4 Å². The number of hydrogen-bond acceptors (Lipinski definition) is 9. The second-order valence-electron chi connectivity index (χ2n) is 7.32. The Hall–Kier alpha value is -3.48. The summed E-state index contributed by atoms with van der Waals surface area (Å²) in [5, 5.41) is 11.8. The number of aromatic nitrogens is 4. The van der Waals surface area contributed by atoms with Crippen LogP contribution in [-0.2, 0) is 0 Å². The number of nitrogens with one attached hydrogen (secondary N) is 3. The highest BCUT2D eigenvalue weighted by atomic mass is 35.5. The van der Waals surface area contributed by atoms with E-state index in [0.29, 0.717) is 32.1 Å². The maximum absolute atomic E-state index is 13.5. The van der Waals surface area contributed by atoms with Gasteiger partial charge in [0, 0.05) is 33.9 Å². The molecule has 0 saturated carbocycles. The van der Waals surface area contributed by atoms with Crippen LogP contribution in [0.5, 0.6) is 0 Å². The molecule has 2 unspecified atom stereocenters. The first-order valence-corrected chi connectivity index (χ1v) is 12.4. The topological polar surface area (TPSA) is 122 Å². The number of thiazole rings is 2. The Balaban J connectivity index is 1.38. The first-order chi connectivity index (χ1) is 16.8. The summed E-state index contributed by atoms with van der Waals surface area (Å²) in [5.74, 6) is -0.367. The van der Waals surface area contributed by atoms with Gasteiger partial charge in [0.15, 0.2) is 5.13 Å². The van der Waals surface area contributed by atoms with Gasteiger partial charge in [0.1, 0.15) is 33.9 Å². The van der Waals surface area contributed by atoms with Crippen molar-refractivity contribution in [1.82, 2.24) is 25.3 Å². The Kier molecular flexibility index (Phi) is 7.63. The van der Waals surface area contributed by atoms with Gasteiger partial charge in [-0.15, -0.1) is 22.7 Å². The maximum atomic E-state index is 13.5.